The molecule has 2 aromatic rings. The van der Waals surface area contributed by atoms with E-state index in [9.17, 15) is 14.7 Å². The maximum Gasteiger partial charge on any atom is 0.321 e. The minimum atomic E-state index is -0.836. The number of rotatable bonds is 3. The second-order valence-electron chi connectivity index (χ2n) is 5.55. The van der Waals surface area contributed by atoms with E-state index in [-0.39, 0.29) is 18.0 Å². The van der Waals surface area contributed by atoms with Crippen LogP contribution < -0.4 is 5.56 Å². The Morgan fingerprint density at radius 1 is 1.48 bits per heavy atom. The van der Waals surface area contributed by atoms with Crippen LogP contribution in [0.1, 0.15) is 19.0 Å². The molecule has 1 aliphatic rings. The monoisotopic (exact) mass is 287 g/mol. The summed E-state index contributed by atoms with van der Waals surface area (Å²) in [6.45, 7) is 2.87. The summed E-state index contributed by atoms with van der Waals surface area (Å²) in [6.07, 6.45) is 0.822. The predicted molar refractivity (Wildman–Crippen MR) is 78.0 cm³/mol. The molecule has 2 unspecified atom stereocenters. The third-order valence-corrected chi connectivity index (χ3v) is 4.08. The number of benzene rings is 1. The number of fused-ring (bicyclic) bond motifs is 1. The average molecular weight is 287 g/mol. The van der Waals surface area contributed by atoms with Crippen LogP contribution in [0.3, 0.4) is 0 Å². The van der Waals surface area contributed by atoms with Gasteiger partial charge < -0.3 is 10.1 Å². The van der Waals surface area contributed by atoms with E-state index in [4.69, 9.17) is 0 Å². The highest BCUT2D eigenvalue weighted by molar-refractivity contribution is 5.74. The number of carboxylic acid groups (broad SMARTS) is 1. The van der Waals surface area contributed by atoms with Crippen LogP contribution in [0.15, 0.2) is 29.1 Å². The van der Waals surface area contributed by atoms with Crippen LogP contribution >= 0.6 is 0 Å². The fraction of sp³-hybridized carbons (Fsp3) is 0.400. The molecule has 1 aromatic heterocycles. The normalized spacial score (nSPS) is 22.7. The second kappa shape index (κ2) is 5.29. The Morgan fingerprint density at radius 2 is 2.24 bits per heavy atom. The van der Waals surface area contributed by atoms with E-state index in [0.29, 0.717) is 23.3 Å². The lowest BCUT2D eigenvalue weighted by atomic mass is 10.0. The Balaban J connectivity index is 1.93. The van der Waals surface area contributed by atoms with Crippen LogP contribution in [0.25, 0.3) is 11.0 Å². The van der Waals surface area contributed by atoms with Crippen molar-refractivity contribution in [1.82, 2.24) is 14.9 Å². The van der Waals surface area contributed by atoms with Crippen LogP contribution in [0, 0.1) is 5.92 Å². The molecule has 21 heavy (non-hydrogen) atoms. The number of carboxylic acids is 1. The summed E-state index contributed by atoms with van der Waals surface area (Å²) < 4.78 is 0. The van der Waals surface area contributed by atoms with Crippen molar-refractivity contribution in [3.8, 4) is 0 Å². The zero-order valence-corrected chi connectivity index (χ0v) is 11.7. The van der Waals surface area contributed by atoms with Gasteiger partial charge in [0.05, 0.1) is 11.0 Å². The largest absolute Gasteiger partial charge is 0.480 e. The van der Waals surface area contributed by atoms with Gasteiger partial charge in [-0.1, -0.05) is 19.1 Å². The van der Waals surface area contributed by atoms with E-state index in [0.717, 1.165) is 6.42 Å². The van der Waals surface area contributed by atoms with Crippen molar-refractivity contribution in [3.05, 3.63) is 40.3 Å². The number of nitrogens with zero attached hydrogens (tertiary/aromatic N) is 2. The molecule has 0 spiro atoms. The summed E-state index contributed by atoms with van der Waals surface area (Å²) in [7, 11) is 0. The van der Waals surface area contributed by atoms with Crippen molar-refractivity contribution in [3.63, 3.8) is 0 Å². The maximum atomic E-state index is 12.1. The second-order valence-corrected chi connectivity index (χ2v) is 5.55. The predicted octanol–water partition coefficient (Wildman–Crippen LogP) is 1.22. The topological polar surface area (TPSA) is 86.3 Å². The van der Waals surface area contributed by atoms with Crippen LogP contribution in [-0.2, 0) is 11.3 Å². The lowest BCUT2D eigenvalue weighted by Gasteiger charge is -2.22. The van der Waals surface area contributed by atoms with Crippen LogP contribution in [0.5, 0.6) is 0 Å². The molecule has 2 atom stereocenters. The van der Waals surface area contributed by atoms with E-state index < -0.39 is 12.0 Å². The zero-order valence-electron chi connectivity index (χ0n) is 11.7. The molecule has 6 nitrogen and oxygen atoms in total. The van der Waals surface area contributed by atoms with Crippen LogP contribution in [0.2, 0.25) is 0 Å². The molecule has 1 aliphatic heterocycles. The molecule has 0 radical (unpaired) electrons. The average Bonchev–Trinajstić information content (AvgIpc) is 2.80. The summed E-state index contributed by atoms with van der Waals surface area (Å²) in [5, 5.41) is 9.33. The van der Waals surface area contributed by atoms with Crippen molar-refractivity contribution in [2.24, 2.45) is 5.92 Å². The van der Waals surface area contributed by atoms with Gasteiger partial charge in [0.1, 0.15) is 11.7 Å². The first kappa shape index (κ1) is 13.8. The van der Waals surface area contributed by atoms with Gasteiger partial charge in [-0.2, -0.15) is 0 Å². The Kier molecular flexibility index (Phi) is 3.47. The fourth-order valence-electron chi connectivity index (χ4n) is 2.97. The van der Waals surface area contributed by atoms with Gasteiger partial charge in [-0.3, -0.25) is 14.5 Å². The van der Waals surface area contributed by atoms with E-state index in [2.05, 4.69) is 9.97 Å². The van der Waals surface area contributed by atoms with E-state index >= 15 is 0 Å². The summed E-state index contributed by atoms with van der Waals surface area (Å²) in [4.78, 5) is 32.4. The van der Waals surface area contributed by atoms with Gasteiger partial charge in [-0.05, 0) is 31.0 Å². The Bertz CT molecular complexity index is 740. The molecule has 1 saturated heterocycles. The number of para-hydroxylation sites is 2. The highest BCUT2D eigenvalue weighted by Gasteiger charge is 2.37. The molecule has 2 heterocycles. The van der Waals surface area contributed by atoms with Gasteiger partial charge in [-0.25, -0.2) is 4.98 Å². The Labute approximate surface area is 121 Å². The Hall–Kier alpha value is -2.21. The number of aromatic nitrogens is 2. The third kappa shape index (κ3) is 2.54. The number of nitrogens with one attached hydrogen (secondary N) is 1. The first-order valence-corrected chi connectivity index (χ1v) is 7.01. The maximum absolute atomic E-state index is 12.1. The molecule has 0 aliphatic carbocycles. The van der Waals surface area contributed by atoms with Gasteiger partial charge in [0.25, 0.3) is 5.56 Å². The molecular weight excluding hydrogens is 270 g/mol. The first-order chi connectivity index (χ1) is 10.1. The molecular formula is C15H17N3O3. The summed E-state index contributed by atoms with van der Waals surface area (Å²) in [5.41, 5.74) is 1.52. The van der Waals surface area contributed by atoms with Crippen LogP contribution in [0.4, 0.5) is 0 Å². The summed E-state index contributed by atoms with van der Waals surface area (Å²) in [5.74, 6) is -0.751. The van der Waals surface area contributed by atoms with E-state index in [1.165, 1.54) is 0 Å². The van der Waals surface area contributed by atoms with Gasteiger partial charge in [-0.15, -0.1) is 0 Å². The molecule has 6 heteroatoms. The first-order valence-electron chi connectivity index (χ1n) is 7.01. The third-order valence-electron chi connectivity index (χ3n) is 4.08. The number of aliphatic carboxylic acids is 1. The minimum absolute atomic E-state index is 0.0852. The van der Waals surface area contributed by atoms with Crippen LogP contribution in [-0.4, -0.2) is 38.5 Å². The number of aromatic amines is 1. The lowest BCUT2D eigenvalue weighted by Crippen LogP contribution is -2.39. The standard InChI is InChI=1S/C15H17N3O3/c1-9-6-7-18(13(9)15(20)21)8-12-14(19)17-11-5-3-2-4-10(11)16-12/h2-5,9,13H,6-8H2,1H3,(H,17,19)(H,20,21). The highest BCUT2D eigenvalue weighted by Crippen LogP contribution is 2.25. The fourth-order valence-corrected chi connectivity index (χ4v) is 2.97. The minimum Gasteiger partial charge on any atom is -0.480 e. The highest BCUT2D eigenvalue weighted by atomic mass is 16.4. The van der Waals surface area contributed by atoms with Crippen molar-refractivity contribution in [1.29, 1.82) is 0 Å². The summed E-state index contributed by atoms with van der Waals surface area (Å²) >= 11 is 0. The number of H-pyrrole nitrogens is 1. The molecule has 2 N–H and O–H groups in total. The smallest absolute Gasteiger partial charge is 0.321 e. The van der Waals surface area contributed by atoms with Crippen molar-refractivity contribution in [2.45, 2.75) is 25.9 Å². The van der Waals surface area contributed by atoms with E-state index in [1.54, 1.807) is 6.07 Å². The Morgan fingerprint density at radius 3 is 3.00 bits per heavy atom. The molecule has 1 fully saturated rings. The zero-order chi connectivity index (χ0) is 15.0. The van der Waals surface area contributed by atoms with Gasteiger partial charge in [0.15, 0.2) is 0 Å². The lowest BCUT2D eigenvalue weighted by molar-refractivity contribution is -0.143. The molecule has 3 rings (SSSR count). The number of hydrogen-bond donors (Lipinski definition) is 2. The molecule has 0 saturated carbocycles. The quantitative estimate of drug-likeness (QED) is 0.886. The van der Waals surface area contributed by atoms with Crippen molar-refractivity contribution >= 4 is 17.0 Å². The SMILES string of the molecule is CC1CCN(Cc2nc3ccccc3[nH]c2=O)C1C(=O)O. The van der Waals surface area contributed by atoms with Crippen molar-refractivity contribution in [2.75, 3.05) is 6.54 Å². The number of hydrogen-bond acceptors (Lipinski definition) is 4. The summed E-state index contributed by atoms with van der Waals surface area (Å²) in [6, 6.07) is 6.77. The van der Waals surface area contributed by atoms with Crippen molar-refractivity contribution < 1.29 is 9.90 Å². The van der Waals surface area contributed by atoms with Gasteiger partial charge >= 0.3 is 5.97 Å². The molecule has 1 aromatic carbocycles. The molecule has 0 amide bonds. The number of likely N-dealkylation sites (tertiary alicyclic amines) is 1. The molecule has 110 valence electrons. The van der Waals surface area contributed by atoms with Gasteiger partial charge in [0, 0.05) is 6.54 Å². The van der Waals surface area contributed by atoms with Gasteiger partial charge in [0.2, 0.25) is 0 Å². The number of carbonyl (C=O) groups is 1. The molecule has 0 bridgehead atoms. The van der Waals surface area contributed by atoms with E-state index in [1.807, 2.05) is 30.0 Å².